The van der Waals surface area contributed by atoms with E-state index in [1.54, 1.807) is 46.0 Å². The SMILES string of the molecule is Cc1nn(-c2cccc(Cl)c2)c(Oc2ccccc2)c1CN(Cc1ccc(F)cc1)C(=O)c1ccco1. The number of benzene rings is 3. The lowest BCUT2D eigenvalue weighted by Gasteiger charge is -2.22. The maximum atomic E-state index is 13.5. The number of rotatable bonds is 8. The first kappa shape index (κ1) is 24.3. The summed E-state index contributed by atoms with van der Waals surface area (Å²) in [4.78, 5) is 15.1. The Kier molecular flexibility index (Phi) is 7.05. The van der Waals surface area contributed by atoms with Crippen LogP contribution in [0.25, 0.3) is 5.69 Å². The number of furan rings is 1. The number of hydrogen-bond donors (Lipinski definition) is 0. The van der Waals surface area contributed by atoms with Crippen molar-refractivity contribution in [3.05, 3.63) is 131 Å². The molecule has 0 aliphatic carbocycles. The third kappa shape index (κ3) is 5.57. The molecule has 0 aliphatic heterocycles. The quantitative estimate of drug-likeness (QED) is 0.219. The Morgan fingerprint density at radius 2 is 1.78 bits per heavy atom. The normalized spacial score (nSPS) is 10.9. The number of hydrogen-bond acceptors (Lipinski definition) is 4. The minimum atomic E-state index is -0.343. The molecule has 8 heteroatoms. The van der Waals surface area contributed by atoms with E-state index in [0.717, 1.165) is 11.3 Å². The van der Waals surface area contributed by atoms with E-state index in [2.05, 4.69) is 0 Å². The number of nitrogens with zero attached hydrogens (tertiary/aromatic N) is 3. The zero-order valence-corrected chi connectivity index (χ0v) is 20.7. The maximum Gasteiger partial charge on any atom is 0.290 e. The second-order valence-electron chi connectivity index (χ2n) is 8.44. The number of aromatic nitrogens is 2. The molecule has 0 fully saturated rings. The highest BCUT2D eigenvalue weighted by atomic mass is 35.5. The average molecular weight is 516 g/mol. The van der Waals surface area contributed by atoms with Crippen molar-refractivity contribution in [2.24, 2.45) is 0 Å². The summed E-state index contributed by atoms with van der Waals surface area (Å²) in [5.41, 5.74) is 2.88. The molecule has 0 unspecified atom stereocenters. The fourth-order valence-electron chi connectivity index (χ4n) is 3.96. The molecule has 2 heterocycles. The summed E-state index contributed by atoms with van der Waals surface area (Å²) in [6.45, 7) is 2.26. The van der Waals surface area contributed by atoms with E-state index in [1.807, 2.05) is 49.4 Å². The Bertz CT molecular complexity index is 1500. The lowest BCUT2D eigenvalue weighted by Crippen LogP contribution is -2.30. The van der Waals surface area contributed by atoms with Crippen molar-refractivity contribution in [1.82, 2.24) is 14.7 Å². The first-order valence-corrected chi connectivity index (χ1v) is 12.0. The van der Waals surface area contributed by atoms with Gasteiger partial charge in [-0.05, 0) is 67.1 Å². The van der Waals surface area contributed by atoms with E-state index in [1.165, 1.54) is 18.4 Å². The number of carbonyl (C=O) groups is 1. The van der Waals surface area contributed by atoms with Gasteiger partial charge in [-0.3, -0.25) is 4.79 Å². The maximum absolute atomic E-state index is 13.5. The summed E-state index contributed by atoms with van der Waals surface area (Å²) in [5, 5.41) is 5.29. The molecular weight excluding hydrogens is 493 g/mol. The molecule has 0 spiro atoms. The van der Waals surface area contributed by atoms with Crippen LogP contribution in [0.2, 0.25) is 5.02 Å². The highest BCUT2D eigenvalue weighted by Gasteiger charge is 2.26. The molecule has 6 nitrogen and oxygen atoms in total. The van der Waals surface area contributed by atoms with Crippen LogP contribution in [0.5, 0.6) is 11.6 Å². The van der Waals surface area contributed by atoms with Gasteiger partial charge in [0, 0.05) is 11.6 Å². The Morgan fingerprint density at radius 1 is 1.00 bits per heavy atom. The van der Waals surface area contributed by atoms with Crippen LogP contribution in [0.1, 0.15) is 27.4 Å². The predicted octanol–water partition coefficient (Wildman–Crippen LogP) is 7.20. The zero-order chi connectivity index (χ0) is 25.8. The van der Waals surface area contributed by atoms with Crippen LogP contribution in [-0.2, 0) is 13.1 Å². The second-order valence-corrected chi connectivity index (χ2v) is 8.88. The van der Waals surface area contributed by atoms with Crippen molar-refractivity contribution in [1.29, 1.82) is 0 Å². The third-order valence-corrected chi connectivity index (χ3v) is 6.04. The van der Waals surface area contributed by atoms with E-state index in [-0.39, 0.29) is 30.6 Å². The van der Waals surface area contributed by atoms with Crippen LogP contribution in [0.4, 0.5) is 4.39 Å². The van der Waals surface area contributed by atoms with Crippen molar-refractivity contribution in [2.75, 3.05) is 0 Å². The van der Waals surface area contributed by atoms with Crippen molar-refractivity contribution >= 4 is 17.5 Å². The fourth-order valence-corrected chi connectivity index (χ4v) is 4.15. The average Bonchev–Trinajstić information content (AvgIpc) is 3.54. The number of halogens is 2. The van der Waals surface area contributed by atoms with Gasteiger partial charge in [0.2, 0.25) is 5.88 Å². The highest BCUT2D eigenvalue weighted by Crippen LogP contribution is 2.33. The molecule has 0 radical (unpaired) electrons. The van der Waals surface area contributed by atoms with Gasteiger partial charge >= 0.3 is 0 Å². The van der Waals surface area contributed by atoms with Gasteiger partial charge in [0.1, 0.15) is 11.6 Å². The number of ether oxygens (including phenoxy) is 1. The predicted molar refractivity (Wildman–Crippen MR) is 139 cm³/mol. The number of amides is 1. The topological polar surface area (TPSA) is 60.5 Å². The monoisotopic (exact) mass is 515 g/mol. The Hall–Kier alpha value is -4.36. The smallest absolute Gasteiger partial charge is 0.290 e. The zero-order valence-electron chi connectivity index (χ0n) is 20.0. The number of aryl methyl sites for hydroxylation is 1. The first-order valence-electron chi connectivity index (χ1n) is 11.6. The molecule has 3 aromatic carbocycles. The molecule has 0 aliphatic rings. The lowest BCUT2D eigenvalue weighted by atomic mass is 10.1. The van der Waals surface area contributed by atoms with Crippen molar-refractivity contribution in [3.63, 3.8) is 0 Å². The molecular formula is C29H23ClFN3O3. The second kappa shape index (κ2) is 10.7. The molecule has 0 bridgehead atoms. The standard InChI is InChI=1S/C29H23ClFN3O3/c1-20-26(19-33(28(35)27-11-6-16-36-27)18-21-12-14-23(31)15-13-21)29(37-25-9-3-2-4-10-25)34(32-20)24-8-5-7-22(30)17-24/h2-17H,18-19H2,1H3. The molecule has 5 aromatic rings. The Morgan fingerprint density at radius 3 is 2.49 bits per heavy atom. The van der Waals surface area contributed by atoms with Gasteiger partial charge in [-0.1, -0.05) is 48.0 Å². The molecule has 5 rings (SSSR count). The van der Waals surface area contributed by atoms with E-state index in [4.69, 9.17) is 25.9 Å². The van der Waals surface area contributed by atoms with Gasteiger partial charge < -0.3 is 14.1 Å². The van der Waals surface area contributed by atoms with Crippen LogP contribution in [0.3, 0.4) is 0 Å². The summed E-state index contributed by atoms with van der Waals surface area (Å²) < 4.78 is 26.9. The third-order valence-electron chi connectivity index (χ3n) is 5.80. The van der Waals surface area contributed by atoms with Crippen LogP contribution in [-0.4, -0.2) is 20.6 Å². The van der Waals surface area contributed by atoms with Gasteiger partial charge in [0.15, 0.2) is 5.76 Å². The van der Waals surface area contributed by atoms with Gasteiger partial charge in [0.25, 0.3) is 5.91 Å². The summed E-state index contributed by atoms with van der Waals surface area (Å²) in [5.74, 6) is 0.629. The van der Waals surface area contributed by atoms with E-state index in [9.17, 15) is 9.18 Å². The fraction of sp³-hybridized carbons (Fsp3) is 0.103. The summed E-state index contributed by atoms with van der Waals surface area (Å²) >= 11 is 6.27. The molecule has 0 atom stereocenters. The van der Waals surface area contributed by atoms with Crippen molar-refractivity contribution in [3.8, 4) is 17.3 Å². The summed E-state index contributed by atoms with van der Waals surface area (Å²) in [7, 11) is 0. The highest BCUT2D eigenvalue weighted by molar-refractivity contribution is 6.30. The molecule has 186 valence electrons. The van der Waals surface area contributed by atoms with Gasteiger partial charge in [-0.15, -0.1) is 0 Å². The van der Waals surface area contributed by atoms with E-state index in [0.29, 0.717) is 27.9 Å². The van der Waals surface area contributed by atoms with E-state index >= 15 is 0 Å². The lowest BCUT2D eigenvalue weighted by molar-refractivity contribution is 0.0696. The molecule has 0 N–H and O–H groups in total. The van der Waals surface area contributed by atoms with Crippen molar-refractivity contribution in [2.45, 2.75) is 20.0 Å². The first-order chi connectivity index (χ1) is 18.0. The number of carbonyl (C=O) groups excluding carboxylic acids is 1. The molecule has 37 heavy (non-hydrogen) atoms. The van der Waals surface area contributed by atoms with Gasteiger partial charge in [0.05, 0.1) is 29.8 Å². The number of para-hydroxylation sites is 1. The van der Waals surface area contributed by atoms with Crippen LogP contribution >= 0.6 is 11.6 Å². The van der Waals surface area contributed by atoms with Crippen LogP contribution in [0, 0.1) is 12.7 Å². The molecule has 2 aromatic heterocycles. The molecule has 0 saturated heterocycles. The minimum absolute atomic E-state index is 0.172. The molecule has 0 saturated carbocycles. The van der Waals surface area contributed by atoms with Crippen LogP contribution < -0.4 is 4.74 Å². The Balaban J connectivity index is 1.57. The Labute approximate surface area is 218 Å². The van der Waals surface area contributed by atoms with E-state index < -0.39 is 0 Å². The van der Waals surface area contributed by atoms with Gasteiger partial charge in [-0.25, -0.2) is 9.07 Å². The summed E-state index contributed by atoms with van der Waals surface area (Å²) in [6.07, 6.45) is 1.45. The largest absolute Gasteiger partial charge is 0.459 e. The molecule has 1 amide bonds. The summed E-state index contributed by atoms with van der Waals surface area (Å²) in [6, 6.07) is 26.0. The van der Waals surface area contributed by atoms with Crippen molar-refractivity contribution < 1.29 is 18.3 Å². The minimum Gasteiger partial charge on any atom is -0.459 e. The van der Waals surface area contributed by atoms with Crippen LogP contribution in [0.15, 0.2) is 102 Å². The van der Waals surface area contributed by atoms with Gasteiger partial charge in [-0.2, -0.15) is 5.10 Å².